The molecule has 2 N–H and O–H groups in total. The van der Waals surface area contributed by atoms with Crippen LogP contribution in [0.4, 0.5) is 4.39 Å². The van der Waals surface area contributed by atoms with E-state index in [-0.39, 0.29) is 5.82 Å². The molecule has 0 bridgehead atoms. The summed E-state index contributed by atoms with van der Waals surface area (Å²) in [6.45, 7) is 3.46. The van der Waals surface area contributed by atoms with Crippen molar-refractivity contribution in [1.29, 1.82) is 0 Å². The van der Waals surface area contributed by atoms with Gasteiger partial charge in [-0.15, -0.1) is 0 Å². The summed E-state index contributed by atoms with van der Waals surface area (Å²) in [5.41, 5.74) is 5.47. The van der Waals surface area contributed by atoms with Crippen molar-refractivity contribution >= 4 is 27.5 Å². The van der Waals surface area contributed by atoms with Gasteiger partial charge in [0.05, 0.1) is 5.02 Å². The molecule has 1 aromatic rings. The highest BCUT2D eigenvalue weighted by molar-refractivity contribution is 9.10. The van der Waals surface area contributed by atoms with Gasteiger partial charge < -0.3 is 5.73 Å². The van der Waals surface area contributed by atoms with E-state index in [1.165, 1.54) is 6.07 Å². The second kappa shape index (κ2) is 3.56. The standard InChI is InChI=1S/C9H10BrClFN/c1-9(2,13)5-3-7(11)6(10)4-8(5)12/h3-4H,13H2,1-2H3. The molecule has 0 heterocycles. The maximum Gasteiger partial charge on any atom is 0.129 e. The van der Waals surface area contributed by atoms with Crippen LogP contribution in [0.1, 0.15) is 19.4 Å². The third kappa shape index (κ3) is 2.42. The fraction of sp³-hybridized carbons (Fsp3) is 0.333. The molecule has 0 fully saturated rings. The van der Waals surface area contributed by atoms with E-state index in [4.69, 9.17) is 17.3 Å². The molecule has 0 atom stereocenters. The van der Waals surface area contributed by atoms with Crippen LogP contribution in [0.2, 0.25) is 5.02 Å². The first kappa shape index (κ1) is 11.0. The van der Waals surface area contributed by atoms with Gasteiger partial charge in [0.1, 0.15) is 5.82 Å². The number of hydrogen-bond acceptors (Lipinski definition) is 1. The van der Waals surface area contributed by atoms with Crippen molar-refractivity contribution in [1.82, 2.24) is 0 Å². The molecule has 1 rings (SSSR count). The Balaban J connectivity index is 3.32. The molecular weight excluding hydrogens is 256 g/mol. The number of benzene rings is 1. The number of rotatable bonds is 1. The minimum atomic E-state index is -0.714. The molecule has 0 saturated carbocycles. The molecule has 0 amide bonds. The predicted octanol–water partition coefficient (Wildman–Crippen LogP) is 3.44. The lowest BCUT2D eigenvalue weighted by Crippen LogP contribution is -2.29. The van der Waals surface area contributed by atoms with Crippen molar-refractivity contribution < 1.29 is 4.39 Å². The topological polar surface area (TPSA) is 26.0 Å². The normalized spacial score (nSPS) is 11.8. The zero-order chi connectivity index (χ0) is 10.2. The van der Waals surface area contributed by atoms with E-state index in [0.717, 1.165) is 0 Å². The first-order chi connectivity index (χ1) is 5.82. The summed E-state index contributed by atoms with van der Waals surface area (Å²) in [6.07, 6.45) is 0. The zero-order valence-corrected chi connectivity index (χ0v) is 9.71. The van der Waals surface area contributed by atoms with E-state index in [1.807, 2.05) is 0 Å². The Kier molecular flexibility index (Phi) is 3.00. The molecule has 13 heavy (non-hydrogen) atoms. The van der Waals surface area contributed by atoms with Crippen LogP contribution in [0, 0.1) is 5.82 Å². The summed E-state index contributed by atoms with van der Waals surface area (Å²) < 4.78 is 13.9. The monoisotopic (exact) mass is 265 g/mol. The van der Waals surface area contributed by atoms with Gasteiger partial charge in [-0.2, -0.15) is 0 Å². The molecule has 0 aromatic heterocycles. The maximum absolute atomic E-state index is 13.4. The van der Waals surface area contributed by atoms with Crippen LogP contribution in [0.5, 0.6) is 0 Å². The van der Waals surface area contributed by atoms with Crippen LogP contribution in [0.15, 0.2) is 16.6 Å². The van der Waals surface area contributed by atoms with Gasteiger partial charge in [0.25, 0.3) is 0 Å². The molecule has 0 saturated heterocycles. The smallest absolute Gasteiger partial charge is 0.129 e. The highest BCUT2D eigenvalue weighted by atomic mass is 79.9. The van der Waals surface area contributed by atoms with Crippen molar-refractivity contribution in [2.24, 2.45) is 5.73 Å². The average molecular weight is 267 g/mol. The fourth-order valence-electron chi connectivity index (χ4n) is 1.02. The molecule has 0 aliphatic rings. The van der Waals surface area contributed by atoms with Crippen LogP contribution in [0.3, 0.4) is 0 Å². The predicted molar refractivity (Wildman–Crippen MR) is 56.3 cm³/mol. The van der Waals surface area contributed by atoms with Gasteiger partial charge in [-0.3, -0.25) is 0 Å². The molecular formula is C9H10BrClFN. The lowest BCUT2D eigenvalue weighted by molar-refractivity contribution is 0.501. The summed E-state index contributed by atoms with van der Waals surface area (Å²) in [5.74, 6) is -0.344. The van der Waals surface area contributed by atoms with Crippen LogP contribution in [0.25, 0.3) is 0 Å². The van der Waals surface area contributed by atoms with Gasteiger partial charge in [0.15, 0.2) is 0 Å². The van der Waals surface area contributed by atoms with Gasteiger partial charge in [-0.25, -0.2) is 4.39 Å². The minimum Gasteiger partial charge on any atom is -0.322 e. The van der Waals surface area contributed by atoms with Gasteiger partial charge >= 0.3 is 0 Å². The third-order valence-corrected chi connectivity index (χ3v) is 2.90. The molecule has 0 aliphatic heterocycles. The number of hydrogen-bond donors (Lipinski definition) is 1. The van der Waals surface area contributed by atoms with Crippen LogP contribution in [-0.2, 0) is 5.54 Å². The second-order valence-electron chi connectivity index (χ2n) is 3.47. The van der Waals surface area contributed by atoms with E-state index in [2.05, 4.69) is 15.9 Å². The number of halogens is 3. The molecule has 0 spiro atoms. The Morgan fingerprint density at radius 1 is 1.46 bits per heavy atom. The van der Waals surface area contributed by atoms with Gasteiger partial charge in [0, 0.05) is 15.6 Å². The van der Waals surface area contributed by atoms with E-state index >= 15 is 0 Å². The van der Waals surface area contributed by atoms with E-state index in [1.54, 1.807) is 19.9 Å². The van der Waals surface area contributed by atoms with Gasteiger partial charge in [-0.1, -0.05) is 11.6 Å². The Morgan fingerprint density at radius 2 is 2.00 bits per heavy atom. The Morgan fingerprint density at radius 3 is 2.46 bits per heavy atom. The number of nitrogens with two attached hydrogens (primary N) is 1. The lowest BCUT2D eigenvalue weighted by atomic mass is 9.95. The van der Waals surface area contributed by atoms with Crippen LogP contribution in [-0.4, -0.2) is 0 Å². The lowest BCUT2D eigenvalue weighted by Gasteiger charge is -2.20. The first-order valence-corrected chi connectivity index (χ1v) is 4.93. The molecule has 0 radical (unpaired) electrons. The highest BCUT2D eigenvalue weighted by Gasteiger charge is 2.20. The third-order valence-electron chi connectivity index (χ3n) is 1.70. The van der Waals surface area contributed by atoms with Gasteiger partial charge in [-0.05, 0) is 41.9 Å². The van der Waals surface area contributed by atoms with Crippen LogP contribution < -0.4 is 5.73 Å². The first-order valence-electron chi connectivity index (χ1n) is 3.76. The molecule has 0 aliphatic carbocycles. The van der Waals surface area contributed by atoms with Crippen molar-refractivity contribution in [3.05, 3.63) is 33.0 Å². The van der Waals surface area contributed by atoms with Crippen molar-refractivity contribution in [3.63, 3.8) is 0 Å². The highest BCUT2D eigenvalue weighted by Crippen LogP contribution is 2.29. The average Bonchev–Trinajstić information content (AvgIpc) is 1.94. The second-order valence-corrected chi connectivity index (χ2v) is 4.73. The summed E-state index contributed by atoms with van der Waals surface area (Å²) >= 11 is 8.96. The summed E-state index contributed by atoms with van der Waals surface area (Å²) in [4.78, 5) is 0. The maximum atomic E-state index is 13.4. The quantitative estimate of drug-likeness (QED) is 0.774. The minimum absolute atomic E-state index is 0.344. The van der Waals surface area contributed by atoms with E-state index in [9.17, 15) is 4.39 Å². The van der Waals surface area contributed by atoms with E-state index in [0.29, 0.717) is 15.1 Å². The molecule has 0 unspecified atom stereocenters. The molecule has 4 heteroatoms. The summed E-state index contributed by atoms with van der Waals surface area (Å²) in [7, 11) is 0. The Labute approximate surface area is 90.2 Å². The van der Waals surface area contributed by atoms with Crippen molar-refractivity contribution in [2.45, 2.75) is 19.4 Å². The van der Waals surface area contributed by atoms with Crippen molar-refractivity contribution in [2.75, 3.05) is 0 Å². The van der Waals surface area contributed by atoms with Gasteiger partial charge in [0.2, 0.25) is 0 Å². The Bertz CT molecular complexity index is 333. The van der Waals surface area contributed by atoms with E-state index < -0.39 is 5.54 Å². The summed E-state index contributed by atoms with van der Waals surface area (Å²) in [5, 5.41) is 0.468. The van der Waals surface area contributed by atoms with Crippen molar-refractivity contribution in [3.8, 4) is 0 Å². The molecule has 1 aromatic carbocycles. The largest absolute Gasteiger partial charge is 0.322 e. The Hall–Kier alpha value is -0.120. The summed E-state index contributed by atoms with van der Waals surface area (Å²) in [6, 6.07) is 2.87. The fourth-order valence-corrected chi connectivity index (χ4v) is 1.50. The van der Waals surface area contributed by atoms with Crippen LogP contribution >= 0.6 is 27.5 Å². The zero-order valence-electron chi connectivity index (χ0n) is 7.37. The molecule has 72 valence electrons. The SMILES string of the molecule is CC(C)(N)c1cc(Cl)c(Br)cc1F. The molecule has 1 nitrogen and oxygen atoms in total.